The SMILES string of the molecule is O=[N+]([O-])c1cc(Cl)cc(/C=N/n2c(CCC3CCCCC3)n[nH]c2=S)c1O. The van der Waals surface area contributed by atoms with E-state index in [1.165, 1.54) is 49.1 Å². The van der Waals surface area contributed by atoms with Gasteiger partial charge in [0.15, 0.2) is 5.82 Å². The van der Waals surface area contributed by atoms with Crippen molar-refractivity contribution in [1.82, 2.24) is 14.9 Å². The predicted molar refractivity (Wildman–Crippen MR) is 105 cm³/mol. The number of nitrogens with zero attached hydrogens (tertiary/aromatic N) is 4. The molecule has 2 aromatic rings. The quantitative estimate of drug-likeness (QED) is 0.313. The second kappa shape index (κ2) is 8.62. The normalized spacial score (nSPS) is 15.4. The van der Waals surface area contributed by atoms with Crippen LogP contribution < -0.4 is 0 Å². The monoisotopic (exact) mass is 409 g/mol. The third-order valence-corrected chi connectivity index (χ3v) is 5.29. The summed E-state index contributed by atoms with van der Waals surface area (Å²) < 4.78 is 1.80. The Bertz CT molecular complexity index is 918. The van der Waals surface area contributed by atoms with Crippen LogP contribution >= 0.6 is 23.8 Å². The molecule has 0 radical (unpaired) electrons. The molecule has 1 aliphatic rings. The lowest BCUT2D eigenvalue weighted by Crippen LogP contribution is -2.09. The van der Waals surface area contributed by atoms with Crippen LogP contribution in [0, 0.1) is 20.8 Å². The minimum Gasteiger partial charge on any atom is -0.502 e. The summed E-state index contributed by atoms with van der Waals surface area (Å²) in [5.41, 5.74) is -0.340. The van der Waals surface area contributed by atoms with Crippen molar-refractivity contribution in [3.8, 4) is 5.75 Å². The number of aromatic amines is 1. The molecular weight excluding hydrogens is 390 g/mol. The molecule has 0 saturated heterocycles. The highest BCUT2D eigenvalue weighted by Crippen LogP contribution is 2.32. The van der Waals surface area contributed by atoms with Gasteiger partial charge in [-0.25, -0.2) is 0 Å². The second-order valence-corrected chi connectivity index (χ2v) is 7.49. The van der Waals surface area contributed by atoms with Gasteiger partial charge >= 0.3 is 5.69 Å². The molecule has 1 saturated carbocycles. The summed E-state index contributed by atoms with van der Waals surface area (Å²) in [6.45, 7) is 0. The van der Waals surface area contributed by atoms with Gasteiger partial charge in [0.25, 0.3) is 0 Å². The van der Waals surface area contributed by atoms with Gasteiger partial charge in [0.2, 0.25) is 10.5 Å². The van der Waals surface area contributed by atoms with Crippen LogP contribution in [0.1, 0.15) is 49.9 Å². The van der Waals surface area contributed by atoms with Gasteiger partial charge in [-0.2, -0.15) is 14.9 Å². The third kappa shape index (κ3) is 4.72. The Labute approximate surface area is 166 Å². The maximum absolute atomic E-state index is 11.0. The summed E-state index contributed by atoms with van der Waals surface area (Å²) in [5, 5.41) is 32.4. The van der Waals surface area contributed by atoms with Crippen molar-refractivity contribution in [2.24, 2.45) is 11.0 Å². The number of aromatic hydroxyl groups is 1. The third-order valence-electron chi connectivity index (χ3n) is 4.81. The topological polar surface area (TPSA) is 109 Å². The van der Waals surface area contributed by atoms with Crippen LogP contribution in [0.4, 0.5) is 5.69 Å². The molecule has 1 heterocycles. The highest BCUT2D eigenvalue weighted by atomic mass is 35.5. The van der Waals surface area contributed by atoms with Crippen LogP contribution in [-0.4, -0.2) is 31.1 Å². The van der Waals surface area contributed by atoms with Gasteiger partial charge in [-0.1, -0.05) is 43.7 Å². The molecule has 1 aromatic carbocycles. The van der Waals surface area contributed by atoms with Crippen molar-refractivity contribution < 1.29 is 10.0 Å². The van der Waals surface area contributed by atoms with E-state index in [0.29, 0.717) is 16.5 Å². The van der Waals surface area contributed by atoms with Gasteiger partial charge in [0, 0.05) is 23.1 Å². The first-order valence-corrected chi connectivity index (χ1v) is 9.62. The van der Waals surface area contributed by atoms with Gasteiger partial charge in [0.05, 0.1) is 11.1 Å². The summed E-state index contributed by atoms with van der Waals surface area (Å²) in [7, 11) is 0. The van der Waals surface area contributed by atoms with Crippen LogP contribution in [0.5, 0.6) is 5.75 Å². The van der Waals surface area contributed by atoms with E-state index in [4.69, 9.17) is 23.8 Å². The first-order valence-electron chi connectivity index (χ1n) is 8.83. The van der Waals surface area contributed by atoms with E-state index in [1.54, 1.807) is 0 Å². The minimum absolute atomic E-state index is 0.134. The number of phenols is 1. The van der Waals surface area contributed by atoms with Crippen molar-refractivity contribution in [2.45, 2.75) is 44.9 Å². The Kier molecular flexibility index (Phi) is 6.22. The summed E-state index contributed by atoms with van der Waals surface area (Å²) in [4.78, 5) is 10.3. The number of nitro groups is 1. The van der Waals surface area contributed by atoms with Crippen LogP contribution in [0.15, 0.2) is 17.2 Å². The van der Waals surface area contributed by atoms with Gasteiger partial charge < -0.3 is 5.11 Å². The molecule has 2 N–H and O–H groups in total. The lowest BCUT2D eigenvalue weighted by Gasteiger charge is -2.20. The molecule has 27 heavy (non-hydrogen) atoms. The van der Waals surface area contributed by atoms with Crippen molar-refractivity contribution >= 4 is 35.7 Å². The molecule has 0 aliphatic heterocycles. The number of hydrogen-bond donors (Lipinski definition) is 2. The lowest BCUT2D eigenvalue weighted by atomic mass is 9.86. The molecule has 0 atom stereocenters. The number of rotatable bonds is 6. The Balaban J connectivity index is 1.80. The fraction of sp³-hybridized carbons (Fsp3) is 0.471. The fourth-order valence-electron chi connectivity index (χ4n) is 3.38. The summed E-state index contributed by atoms with van der Waals surface area (Å²) in [6.07, 6.45) is 9.41. The van der Waals surface area contributed by atoms with Gasteiger partial charge in [-0.3, -0.25) is 15.2 Å². The largest absolute Gasteiger partial charge is 0.502 e. The zero-order chi connectivity index (χ0) is 19.4. The summed E-state index contributed by atoms with van der Waals surface area (Å²) in [5.74, 6) is 0.894. The molecule has 0 bridgehead atoms. The van der Waals surface area contributed by atoms with Gasteiger partial charge in [-0.05, 0) is 30.6 Å². The van der Waals surface area contributed by atoms with Crippen LogP contribution in [0.25, 0.3) is 0 Å². The fourth-order valence-corrected chi connectivity index (χ4v) is 3.80. The number of aromatic nitrogens is 3. The van der Waals surface area contributed by atoms with Crippen LogP contribution in [0.2, 0.25) is 5.02 Å². The van der Waals surface area contributed by atoms with Crippen molar-refractivity contribution in [3.63, 3.8) is 0 Å². The highest BCUT2D eigenvalue weighted by molar-refractivity contribution is 7.71. The number of aryl methyl sites for hydroxylation is 1. The molecular formula is C17H20ClN5O3S. The van der Waals surface area contributed by atoms with Crippen molar-refractivity contribution in [2.75, 3.05) is 0 Å². The Morgan fingerprint density at radius 1 is 1.44 bits per heavy atom. The average molecular weight is 410 g/mol. The Morgan fingerprint density at radius 3 is 2.89 bits per heavy atom. The highest BCUT2D eigenvalue weighted by Gasteiger charge is 2.18. The smallest absolute Gasteiger partial charge is 0.312 e. The summed E-state index contributed by atoms with van der Waals surface area (Å²) >= 11 is 11.1. The number of H-pyrrole nitrogens is 1. The van der Waals surface area contributed by atoms with Crippen LogP contribution in [-0.2, 0) is 6.42 Å². The standard InChI is InChI=1S/C17H20ClN5O3S/c18-13-8-12(16(24)14(9-13)23(25)26)10-19-22-15(20-21-17(22)27)7-6-11-4-2-1-3-5-11/h8-11,24H,1-7H2,(H,21,27)/b19-10+. The first kappa shape index (κ1) is 19.5. The van der Waals surface area contributed by atoms with E-state index in [9.17, 15) is 15.2 Å². The lowest BCUT2D eigenvalue weighted by molar-refractivity contribution is -0.385. The predicted octanol–water partition coefficient (Wildman–Crippen LogP) is 4.60. The minimum atomic E-state index is -0.697. The summed E-state index contributed by atoms with van der Waals surface area (Å²) in [6, 6.07) is 2.49. The van der Waals surface area contributed by atoms with E-state index in [1.807, 2.05) is 0 Å². The molecule has 0 spiro atoms. The molecule has 0 amide bonds. The molecule has 3 rings (SSSR count). The van der Waals surface area contributed by atoms with E-state index in [0.717, 1.165) is 18.9 Å². The zero-order valence-electron chi connectivity index (χ0n) is 14.6. The van der Waals surface area contributed by atoms with E-state index < -0.39 is 16.4 Å². The van der Waals surface area contributed by atoms with Crippen LogP contribution in [0.3, 0.4) is 0 Å². The molecule has 1 aromatic heterocycles. The van der Waals surface area contributed by atoms with Crippen molar-refractivity contribution in [1.29, 1.82) is 0 Å². The van der Waals surface area contributed by atoms with E-state index in [2.05, 4.69) is 15.3 Å². The van der Waals surface area contributed by atoms with Gasteiger partial charge in [0.1, 0.15) is 0 Å². The average Bonchev–Trinajstić information content (AvgIpc) is 3.00. The maximum atomic E-state index is 11.0. The Hall–Kier alpha value is -2.26. The molecule has 10 heteroatoms. The number of benzene rings is 1. The molecule has 1 aliphatic carbocycles. The molecule has 0 unspecified atom stereocenters. The number of phenolic OH excluding ortho intramolecular Hbond substituents is 1. The van der Waals surface area contributed by atoms with Crippen molar-refractivity contribution in [3.05, 3.63) is 43.4 Å². The molecule has 8 nitrogen and oxygen atoms in total. The molecule has 1 fully saturated rings. The maximum Gasteiger partial charge on any atom is 0.312 e. The zero-order valence-corrected chi connectivity index (χ0v) is 16.2. The Morgan fingerprint density at radius 2 is 2.19 bits per heavy atom. The van der Waals surface area contributed by atoms with E-state index >= 15 is 0 Å². The number of nitro benzene ring substituents is 1. The molecule has 144 valence electrons. The number of halogens is 1. The van der Waals surface area contributed by atoms with E-state index in [-0.39, 0.29) is 10.6 Å². The van der Waals surface area contributed by atoms with Gasteiger partial charge in [-0.15, -0.1) is 0 Å². The number of hydrogen-bond acceptors (Lipinski definition) is 6. The first-order chi connectivity index (χ1) is 13.0. The number of nitrogens with one attached hydrogen (secondary N) is 1. The second-order valence-electron chi connectivity index (χ2n) is 6.66.